The lowest BCUT2D eigenvalue weighted by atomic mass is 9.64. The highest BCUT2D eigenvalue weighted by atomic mass is 16.5. The Morgan fingerprint density at radius 1 is 1.43 bits per heavy atom. The maximum Gasteiger partial charge on any atom is 0.338 e. The van der Waals surface area contributed by atoms with Gasteiger partial charge in [0.25, 0.3) is 0 Å². The van der Waals surface area contributed by atoms with Gasteiger partial charge in [0.05, 0.1) is 18.8 Å². The molecule has 1 N–H and O–H groups in total. The van der Waals surface area contributed by atoms with Crippen LogP contribution in [0.4, 0.5) is 5.69 Å². The number of hydrogen-bond donors (Lipinski definition) is 1. The van der Waals surface area contributed by atoms with Crippen molar-refractivity contribution in [3.05, 3.63) is 29.3 Å². The van der Waals surface area contributed by atoms with Crippen molar-refractivity contribution < 1.29 is 14.3 Å². The van der Waals surface area contributed by atoms with Crippen LogP contribution in [0, 0.1) is 12.3 Å². The van der Waals surface area contributed by atoms with E-state index in [0.29, 0.717) is 17.7 Å². The molecule has 2 rings (SSSR count). The van der Waals surface area contributed by atoms with Crippen LogP contribution in [0.25, 0.3) is 0 Å². The largest absolute Gasteiger partial charge is 0.465 e. The summed E-state index contributed by atoms with van der Waals surface area (Å²) in [6, 6.07) is 6.03. The SMILES string of the molecule is CCOC1CC(Nc2cccc(C(=O)OC)c2C)C1(C)C. The molecule has 0 aliphatic heterocycles. The van der Waals surface area contributed by atoms with Gasteiger partial charge in [-0.2, -0.15) is 0 Å². The number of hydrogen-bond acceptors (Lipinski definition) is 4. The lowest BCUT2D eigenvalue weighted by Gasteiger charge is -2.52. The van der Waals surface area contributed by atoms with Crippen molar-refractivity contribution >= 4 is 11.7 Å². The smallest absolute Gasteiger partial charge is 0.338 e. The van der Waals surface area contributed by atoms with Gasteiger partial charge in [-0.25, -0.2) is 4.79 Å². The molecule has 1 aliphatic carbocycles. The van der Waals surface area contributed by atoms with Gasteiger partial charge in [-0.15, -0.1) is 0 Å². The van der Waals surface area contributed by atoms with Gasteiger partial charge >= 0.3 is 5.97 Å². The number of rotatable bonds is 5. The zero-order valence-electron chi connectivity index (χ0n) is 13.5. The summed E-state index contributed by atoms with van der Waals surface area (Å²) in [7, 11) is 1.41. The second-order valence-corrected chi connectivity index (χ2v) is 6.17. The fourth-order valence-electron chi connectivity index (χ4n) is 2.93. The van der Waals surface area contributed by atoms with Crippen LogP contribution >= 0.6 is 0 Å². The van der Waals surface area contributed by atoms with Crippen molar-refractivity contribution in [3.8, 4) is 0 Å². The molecule has 0 amide bonds. The van der Waals surface area contributed by atoms with E-state index in [0.717, 1.165) is 24.3 Å². The summed E-state index contributed by atoms with van der Waals surface area (Å²) in [4.78, 5) is 11.8. The molecule has 0 heterocycles. The summed E-state index contributed by atoms with van der Waals surface area (Å²) in [5.74, 6) is -0.295. The summed E-state index contributed by atoms with van der Waals surface area (Å²) in [6.07, 6.45) is 1.28. The molecule has 0 saturated heterocycles. The van der Waals surface area contributed by atoms with Crippen molar-refractivity contribution in [2.24, 2.45) is 5.41 Å². The van der Waals surface area contributed by atoms with E-state index in [4.69, 9.17) is 9.47 Å². The topological polar surface area (TPSA) is 47.6 Å². The van der Waals surface area contributed by atoms with Gasteiger partial charge in [0.15, 0.2) is 0 Å². The van der Waals surface area contributed by atoms with Gasteiger partial charge < -0.3 is 14.8 Å². The zero-order valence-corrected chi connectivity index (χ0v) is 13.5. The standard InChI is InChI=1S/C17H25NO3/c1-6-21-15-10-14(17(15,3)4)18-13-9-7-8-12(11(13)2)16(19)20-5/h7-9,14-15,18H,6,10H2,1-5H3. The summed E-state index contributed by atoms with van der Waals surface area (Å²) in [6.45, 7) is 9.15. The van der Waals surface area contributed by atoms with Crippen LogP contribution in [-0.2, 0) is 9.47 Å². The molecule has 1 saturated carbocycles. The molecule has 1 fully saturated rings. The molecular weight excluding hydrogens is 266 g/mol. The second kappa shape index (κ2) is 6.06. The molecule has 0 spiro atoms. The van der Waals surface area contributed by atoms with Gasteiger partial charge in [0.1, 0.15) is 0 Å². The number of methoxy groups -OCH3 is 1. The Bertz CT molecular complexity index is 525. The predicted molar refractivity (Wildman–Crippen MR) is 83.7 cm³/mol. The Morgan fingerprint density at radius 3 is 2.71 bits per heavy atom. The maximum atomic E-state index is 11.8. The minimum absolute atomic E-state index is 0.0870. The quantitative estimate of drug-likeness (QED) is 0.845. The third-order valence-corrected chi connectivity index (χ3v) is 4.61. The fraction of sp³-hybridized carbons (Fsp3) is 0.588. The fourth-order valence-corrected chi connectivity index (χ4v) is 2.93. The van der Waals surface area contributed by atoms with Gasteiger partial charge in [-0.1, -0.05) is 19.9 Å². The van der Waals surface area contributed by atoms with E-state index < -0.39 is 0 Å². The van der Waals surface area contributed by atoms with Gasteiger partial charge in [0, 0.05) is 23.8 Å². The first-order valence-electron chi connectivity index (χ1n) is 7.47. The lowest BCUT2D eigenvalue weighted by molar-refractivity contribution is -0.0976. The number of nitrogens with one attached hydrogen (secondary N) is 1. The lowest BCUT2D eigenvalue weighted by Crippen LogP contribution is -2.58. The normalized spacial score (nSPS) is 23.3. The third-order valence-electron chi connectivity index (χ3n) is 4.61. The molecule has 2 unspecified atom stereocenters. The first kappa shape index (κ1) is 15.8. The molecular formula is C17H25NO3. The van der Waals surface area contributed by atoms with Crippen LogP contribution in [0.5, 0.6) is 0 Å². The Morgan fingerprint density at radius 2 is 2.14 bits per heavy atom. The molecule has 1 aliphatic rings. The molecule has 0 bridgehead atoms. The summed E-state index contributed by atoms with van der Waals surface area (Å²) < 4.78 is 10.6. The summed E-state index contributed by atoms with van der Waals surface area (Å²) in [5.41, 5.74) is 2.62. The minimum Gasteiger partial charge on any atom is -0.465 e. The Kier molecular flexibility index (Phi) is 4.57. The molecule has 116 valence electrons. The number of ether oxygens (including phenoxy) is 2. The average molecular weight is 291 g/mol. The van der Waals surface area contributed by atoms with Crippen LogP contribution in [0.15, 0.2) is 18.2 Å². The van der Waals surface area contributed by atoms with E-state index in [1.807, 2.05) is 26.0 Å². The van der Waals surface area contributed by atoms with Crippen molar-refractivity contribution in [1.29, 1.82) is 0 Å². The van der Waals surface area contributed by atoms with Crippen molar-refractivity contribution in [1.82, 2.24) is 0 Å². The first-order chi connectivity index (χ1) is 9.91. The van der Waals surface area contributed by atoms with Crippen molar-refractivity contribution in [2.45, 2.75) is 46.3 Å². The zero-order chi connectivity index (χ0) is 15.6. The Balaban J connectivity index is 2.13. The van der Waals surface area contributed by atoms with E-state index in [9.17, 15) is 4.79 Å². The number of carbonyl (C=O) groups is 1. The second-order valence-electron chi connectivity index (χ2n) is 6.17. The maximum absolute atomic E-state index is 11.8. The molecule has 1 aromatic carbocycles. The summed E-state index contributed by atoms with van der Waals surface area (Å²) in [5, 5.41) is 3.56. The number of carbonyl (C=O) groups excluding carboxylic acids is 1. The molecule has 4 nitrogen and oxygen atoms in total. The van der Waals surface area contributed by atoms with Crippen LogP contribution in [0.3, 0.4) is 0 Å². The van der Waals surface area contributed by atoms with E-state index in [1.54, 1.807) is 6.07 Å². The van der Waals surface area contributed by atoms with Gasteiger partial charge in [-0.3, -0.25) is 0 Å². The Hall–Kier alpha value is -1.55. The first-order valence-corrected chi connectivity index (χ1v) is 7.47. The molecule has 4 heteroatoms. The van der Waals surface area contributed by atoms with Crippen LogP contribution < -0.4 is 5.32 Å². The van der Waals surface area contributed by atoms with Crippen LogP contribution in [0.2, 0.25) is 0 Å². The Labute approximate surface area is 126 Å². The van der Waals surface area contributed by atoms with Crippen LogP contribution in [0.1, 0.15) is 43.1 Å². The van der Waals surface area contributed by atoms with E-state index in [-0.39, 0.29) is 11.4 Å². The average Bonchev–Trinajstić information content (AvgIpc) is 2.47. The highest BCUT2D eigenvalue weighted by Crippen LogP contribution is 2.44. The van der Waals surface area contributed by atoms with Gasteiger partial charge in [-0.05, 0) is 38.0 Å². The molecule has 1 aromatic rings. The van der Waals surface area contributed by atoms with E-state index in [1.165, 1.54) is 7.11 Å². The van der Waals surface area contributed by atoms with E-state index in [2.05, 4.69) is 19.2 Å². The highest BCUT2D eigenvalue weighted by molar-refractivity contribution is 5.92. The molecule has 21 heavy (non-hydrogen) atoms. The van der Waals surface area contributed by atoms with Gasteiger partial charge in [0.2, 0.25) is 0 Å². The monoisotopic (exact) mass is 291 g/mol. The number of esters is 1. The third kappa shape index (κ3) is 2.91. The van der Waals surface area contributed by atoms with Crippen molar-refractivity contribution in [2.75, 3.05) is 19.0 Å². The predicted octanol–water partition coefficient (Wildman–Crippen LogP) is 3.40. The highest BCUT2D eigenvalue weighted by Gasteiger charge is 2.48. The van der Waals surface area contributed by atoms with Crippen molar-refractivity contribution in [3.63, 3.8) is 0 Å². The van der Waals surface area contributed by atoms with E-state index >= 15 is 0 Å². The molecule has 0 aromatic heterocycles. The minimum atomic E-state index is -0.295. The molecule has 2 atom stereocenters. The number of anilines is 1. The van der Waals surface area contributed by atoms with Crippen LogP contribution in [-0.4, -0.2) is 31.8 Å². The summed E-state index contributed by atoms with van der Waals surface area (Å²) >= 11 is 0. The molecule has 0 radical (unpaired) electrons. The number of benzene rings is 1.